The second-order valence-corrected chi connectivity index (χ2v) is 11.4. The van der Waals surface area contributed by atoms with Crippen molar-refractivity contribution in [3.8, 4) is 0 Å². The second-order valence-electron chi connectivity index (χ2n) is 11.0. The van der Waals surface area contributed by atoms with Gasteiger partial charge in [-0.25, -0.2) is 4.39 Å². The Balaban J connectivity index is 1.49. The van der Waals surface area contributed by atoms with E-state index in [1.54, 1.807) is 30.5 Å². The van der Waals surface area contributed by atoms with Gasteiger partial charge in [0.25, 0.3) is 0 Å². The highest BCUT2D eigenvalue weighted by Gasteiger charge is 2.34. The molecule has 0 aliphatic heterocycles. The van der Waals surface area contributed by atoms with E-state index in [-0.39, 0.29) is 65.5 Å². The van der Waals surface area contributed by atoms with Crippen molar-refractivity contribution in [3.05, 3.63) is 80.1 Å². The highest BCUT2D eigenvalue weighted by Crippen LogP contribution is 2.29. The zero-order valence-corrected chi connectivity index (χ0v) is 24.1. The monoisotopic (exact) mass is 596 g/mol. The quantitative estimate of drug-likeness (QED) is 0.142. The largest absolute Gasteiger partial charge is 0.390 e. The molecule has 42 heavy (non-hydrogen) atoms. The average Bonchev–Trinajstić information content (AvgIpc) is 3.68. The van der Waals surface area contributed by atoms with Crippen molar-refractivity contribution in [2.45, 2.75) is 64.8 Å². The first-order valence-electron chi connectivity index (χ1n) is 13.3. The lowest BCUT2D eigenvalue weighted by Crippen LogP contribution is -2.43. The SMILES string of the molecule is CC(=O)c1cn(CC(=O)N(CC(=O)NCc2cc(CC(C)(C)O)cc(Cl)c2F)C2CC2)c2ccc(C(=O)N=[N+]=[N-])cc12. The molecule has 0 atom stereocenters. The van der Waals surface area contributed by atoms with Gasteiger partial charge in [-0.05, 0) is 74.1 Å². The van der Waals surface area contributed by atoms with Crippen LogP contribution >= 0.6 is 11.6 Å². The van der Waals surface area contributed by atoms with Crippen LogP contribution in [0.25, 0.3) is 21.3 Å². The molecule has 0 unspecified atom stereocenters. The van der Waals surface area contributed by atoms with Crippen LogP contribution in [0.2, 0.25) is 5.02 Å². The number of benzene rings is 2. The van der Waals surface area contributed by atoms with Gasteiger partial charge in [0.2, 0.25) is 17.7 Å². The summed E-state index contributed by atoms with van der Waals surface area (Å²) in [5.74, 6) is -2.58. The number of Topliss-reactive ketones (excluding diaryl/α,β-unsaturated/α-hetero) is 1. The lowest BCUT2D eigenvalue weighted by Gasteiger charge is -2.23. The molecule has 1 heterocycles. The first kappa shape index (κ1) is 30.7. The molecule has 1 aliphatic carbocycles. The van der Waals surface area contributed by atoms with E-state index in [1.807, 2.05) is 0 Å². The number of aromatic nitrogens is 1. The predicted molar refractivity (Wildman–Crippen MR) is 153 cm³/mol. The highest BCUT2D eigenvalue weighted by atomic mass is 35.5. The minimum atomic E-state index is -1.03. The average molecular weight is 597 g/mol. The minimum absolute atomic E-state index is 0.103. The summed E-state index contributed by atoms with van der Waals surface area (Å²) in [7, 11) is 0. The van der Waals surface area contributed by atoms with Crippen molar-refractivity contribution in [1.29, 1.82) is 0 Å². The van der Waals surface area contributed by atoms with Gasteiger partial charge >= 0.3 is 0 Å². The smallest absolute Gasteiger partial charge is 0.249 e. The molecule has 11 nitrogen and oxygen atoms in total. The summed E-state index contributed by atoms with van der Waals surface area (Å²) < 4.78 is 16.2. The molecule has 2 N–H and O–H groups in total. The highest BCUT2D eigenvalue weighted by molar-refractivity contribution is 6.30. The molecule has 13 heteroatoms. The number of amides is 3. The summed E-state index contributed by atoms with van der Waals surface area (Å²) >= 11 is 6.04. The third kappa shape index (κ3) is 7.33. The number of hydrogen-bond acceptors (Lipinski definition) is 5. The first-order chi connectivity index (χ1) is 19.8. The van der Waals surface area contributed by atoms with Gasteiger partial charge in [-0.1, -0.05) is 17.7 Å². The maximum Gasteiger partial charge on any atom is 0.249 e. The summed E-state index contributed by atoms with van der Waals surface area (Å²) in [6.45, 7) is 4.04. The fourth-order valence-electron chi connectivity index (χ4n) is 4.83. The number of hydrogen-bond donors (Lipinski definition) is 2. The van der Waals surface area contributed by atoms with E-state index in [0.29, 0.717) is 16.5 Å². The number of fused-ring (bicyclic) bond motifs is 1. The van der Waals surface area contributed by atoms with Crippen LogP contribution in [-0.4, -0.2) is 56.3 Å². The Morgan fingerprint density at radius 3 is 2.57 bits per heavy atom. The topological polar surface area (TPSA) is 157 Å². The Morgan fingerprint density at radius 2 is 1.95 bits per heavy atom. The molecule has 0 radical (unpaired) electrons. The molecule has 3 amide bonds. The number of nitrogens with one attached hydrogen (secondary N) is 1. The Labute approximate surface area is 245 Å². The van der Waals surface area contributed by atoms with E-state index in [2.05, 4.69) is 15.3 Å². The summed E-state index contributed by atoms with van der Waals surface area (Å²) in [6.07, 6.45) is 3.23. The Kier molecular flexibility index (Phi) is 9.00. The Morgan fingerprint density at radius 1 is 1.24 bits per heavy atom. The van der Waals surface area contributed by atoms with Gasteiger partial charge in [-0.2, -0.15) is 0 Å². The number of rotatable bonds is 11. The summed E-state index contributed by atoms with van der Waals surface area (Å²) in [5, 5.41) is 16.2. The normalized spacial score (nSPS) is 13.0. The molecule has 220 valence electrons. The fraction of sp³-hybridized carbons (Fsp3) is 0.379. The zero-order chi connectivity index (χ0) is 30.8. The van der Waals surface area contributed by atoms with Gasteiger partial charge in [0.1, 0.15) is 12.4 Å². The van der Waals surface area contributed by atoms with E-state index in [0.717, 1.165) is 12.8 Å². The van der Waals surface area contributed by atoms with E-state index < -0.39 is 23.2 Å². The van der Waals surface area contributed by atoms with Crippen molar-refractivity contribution >= 4 is 46.0 Å². The Bertz CT molecular complexity index is 1640. The van der Waals surface area contributed by atoms with Crippen LogP contribution in [0.3, 0.4) is 0 Å². The van der Waals surface area contributed by atoms with Gasteiger partial charge in [0.05, 0.1) is 17.2 Å². The maximum absolute atomic E-state index is 14.7. The van der Waals surface area contributed by atoms with Gasteiger partial charge in [-0.15, -0.1) is 0 Å². The van der Waals surface area contributed by atoms with E-state index >= 15 is 0 Å². The molecule has 0 saturated heterocycles. The molecule has 2 aromatic carbocycles. The Hall–Kier alpha value is -4.25. The molecule has 3 aromatic rings. The lowest BCUT2D eigenvalue weighted by atomic mass is 9.97. The van der Waals surface area contributed by atoms with Crippen molar-refractivity contribution in [3.63, 3.8) is 0 Å². The number of aliphatic hydroxyl groups is 1. The van der Waals surface area contributed by atoms with Gasteiger partial charge in [0, 0.05) is 57.7 Å². The van der Waals surface area contributed by atoms with Gasteiger partial charge in [0.15, 0.2) is 5.78 Å². The fourth-order valence-corrected chi connectivity index (χ4v) is 5.09. The van der Waals surface area contributed by atoms with Crippen molar-refractivity contribution in [2.75, 3.05) is 6.54 Å². The summed E-state index contributed by atoms with van der Waals surface area (Å²) in [6, 6.07) is 7.31. The van der Waals surface area contributed by atoms with Crippen LogP contribution in [0.1, 0.15) is 65.5 Å². The predicted octanol–water partition coefficient (Wildman–Crippen LogP) is 4.71. The molecule has 1 aromatic heterocycles. The lowest BCUT2D eigenvalue weighted by molar-refractivity contribution is -0.137. The molecule has 0 bridgehead atoms. The van der Waals surface area contributed by atoms with Crippen molar-refractivity contribution in [2.24, 2.45) is 5.11 Å². The van der Waals surface area contributed by atoms with Crippen LogP contribution in [0.4, 0.5) is 4.39 Å². The molecule has 4 rings (SSSR count). The summed E-state index contributed by atoms with van der Waals surface area (Å²) in [4.78, 5) is 54.6. The number of carbonyl (C=O) groups excluding carboxylic acids is 4. The summed E-state index contributed by atoms with van der Waals surface area (Å²) in [5.41, 5.74) is 9.22. The number of ketones is 1. The third-order valence-electron chi connectivity index (χ3n) is 6.85. The zero-order valence-electron chi connectivity index (χ0n) is 23.4. The molecule has 0 spiro atoms. The molecular formula is C29H30ClFN6O5. The van der Waals surface area contributed by atoms with Crippen molar-refractivity contribution in [1.82, 2.24) is 14.8 Å². The van der Waals surface area contributed by atoms with Crippen LogP contribution in [0.15, 0.2) is 41.6 Å². The number of nitrogens with zero attached hydrogens (tertiary/aromatic N) is 5. The maximum atomic E-state index is 14.7. The van der Waals surface area contributed by atoms with Crippen LogP contribution in [-0.2, 0) is 29.1 Å². The standard InChI is InChI=1S/C29H30ClFN6O5/c1-16(38)22-13-36(24-7-4-18(10-21(22)24)28(41)34-35-32)15-26(40)37(20-5-6-20)14-25(39)33-12-19-8-17(11-29(2,3)42)9-23(30)27(19)31/h4,7-10,13,20,42H,5-6,11-12,14-15H2,1-3H3,(H,33,39). The van der Waals surface area contributed by atoms with Gasteiger partial charge < -0.3 is 19.9 Å². The molecule has 1 aliphatic rings. The van der Waals surface area contributed by atoms with Crippen LogP contribution < -0.4 is 5.32 Å². The molecule has 1 fully saturated rings. The first-order valence-corrected chi connectivity index (χ1v) is 13.6. The van der Waals surface area contributed by atoms with Crippen LogP contribution in [0.5, 0.6) is 0 Å². The molecule has 1 saturated carbocycles. The number of azide groups is 1. The second kappa shape index (κ2) is 12.3. The van der Waals surface area contributed by atoms with Gasteiger partial charge in [-0.3, -0.25) is 19.2 Å². The van der Waals surface area contributed by atoms with E-state index in [4.69, 9.17) is 17.1 Å². The van der Waals surface area contributed by atoms with Crippen molar-refractivity contribution < 1.29 is 28.7 Å². The van der Waals surface area contributed by atoms with E-state index in [9.17, 15) is 28.7 Å². The number of carbonyl (C=O) groups is 4. The number of halogens is 2. The van der Waals surface area contributed by atoms with Crippen LogP contribution in [0, 0.1) is 5.82 Å². The molecular weight excluding hydrogens is 567 g/mol. The third-order valence-corrected chi connectivity index (χ3v) is 7.12. The van der Waals surface area contributed by atoms with E-state index in [1.165, 1.54) is 36.2 Å². The minimum Gasteiger partial charge on any atom is -0.390 e.